The van der Waals surface area contributed by atoms with Gasteiger partial charge < -0.3 is 30.1 Å². The molecule has 0 radical (unpaired) electrons. The first-order chi connectivity index (χ1) is 13.4. The zero-order valence-electron chi connectivity index (χ0n) is 17.5. The highest BCUT2D eigenvalue weighted by atomic mass is 35.5. The molecule has 1 aliphatic heterocycles. The van der Waals surface area contributed by atoms with E-state index in [0.717, 1.165) is 38.5 Å². The lowest BCUT2D eigenvalue weighted by molar-refractivity contribution is -0.162. The number of unbranched alkanes of at least 4 members (excludes halogenated alkanes) is 4. The van der Waals surface area contributed by atoms with E-state index in [0.29, 0.717) is 6.42 Å². The van der Waals surface area contributed by atoms with Gasteiger partial charge in [-0.1, -0.05) is 39.5 Å². The van der Waals surface area contributed by atoms with E-state index in [-0.39, 0.29) is 50.3 Å². The number of piperidine rings is 1. The summed E-state index contributed by atoms with van der Waals surface area (Å²) in [6.45, 7) is 4.13. The Morgan fingerprint density at radius 1 is 0.966 bits per heavy atom. The second kappa shape index (κ2) is 15.8. The molecule has 4 N–H and O–H groups in total. The molecule has 1 heterocycles. The van der Waals surface area contributed by atoms with Crippen molar-refractivity contribution < 1.29 is 34.4 Å². The smallest absolute Gasteiger partial charge is 0.306 e. The van der Waals surface area contributed by atoms with Crippen molar-refractivity contribution >= 4 is 24.3 Å². The van der Waals surface area contributed by atoms with Crippen molar-refractivity contribution in [1.29, 1.82) is 0 Å². The molecule has 5 atom stereocenters. The van der Waals surface area contributed by atoms with E-state index in [4.69, 9.17) is 9.47 Å². The zero-order chi connectivity index (χ0) is 20.9. The molecule has 0 saturated carbocycles. The van der Waals surface area contributed by atoms with E-state index in [1.807, 2.05) is 13.8 Å². The number of β-amino-alcohol motifs (C(OH)–C–C–N with tert-alkyl or cyclic N) is 1. The SMILES string of the molecule is CCCCCC(=O)OC[C@H](C[C@H]1NC[C@@H](O)[C@H](O)[C@H]1O)OC(=O)CCCCC.Cl. The van der Waals surface area contributed by atoms with Crippen molar-refractivity contribution in [2.24, 2.45) is 0 Å². The van der Waals surface area contributed by atoms with Crippen molar-refractivity contribution in [2.75, 3.05) is 13.2 Å². The van der Waals surface area contributed by atoms with Crippen LogP contribution < -0.4 is 5.32 Å². The number of ether oxygens (including phenoxy) is 2. The summed E-state index contributed by atoms with van der Waals surface area (Å²) in [5, 5.41) is 32.6. The Morgan fingerprint density at radius 3 is 2.14 bits per heavy atom. The maximum Gasteiger partial charge on any atom is 0.306 e. The van der Waals surface area contributed by atoms with Gasteiger partial charge in [-0.05, 0) is 12.8 Å². The first-order valence-electron chi connectivity index (χ1n) is 10.5. The minimum absolute atomic E-state index is 0. The molecular formula is C20H38ClNO7. The molecule has 172 valence electrons. The number of carbonyl (C=O) groups excluding carboxylic acids is 2. The Hall–Kier alpha value is -0.930. The highest BCUT2D eigenvalue weighted by molar-refractivity contribution is 5.85. The minimum atomic E-state index is -1.27. The Morgan fingerprint density at radius 2 is 1.55 bits per heavy atom. The molecule has 1 aliphatic rings. The number of aliphatic hydroxyl groups excluding tert-OH is 3. The average Bonchev–Trinajstić information content (AvgIpc) is 2.67. The molecule has 9 heteroatoms. The van der Waals surface area contributed by atoms with Crippen LogP contribution in [0.4, 0.5) is 0 Å². The van der Waals surface area contributed by atoms with Gasteiger partial charge in [-0.3, -0.25) is 9.59 Å². The van der Waals surface area contributed by atoms with Crippen LogP contribution in [0.2, 0.25) is 0 Å². The van der Waals surface area contributed by atoms with Crippen LogP contribution in [-0.4, -0.2) is 70.9 Å². The molecule has 0 amide bonds. The second-order valence-corrected chi connectivity index (χ2v) is 7.51. The molecule has 0 unspecified atom stereocenters. The van der Waals surface area contributed by atoms with Gasteiger partial charge in [0.1, 0.15) is 18.8 Å². The lowest BCUT2D eigenvalue weighted by atomic mass is 9.92. The van der Waals surface area contributed by atoms with Gasteiger partial charge in [0.2, 0.25) is 0 Å². The van der Waals surface area contributed by atoms with E-state index >= 15 is 0 Å². The highest BCUT2D eigenvalue weighted by Gasteiger charge is 2.38. The number of rotatable bonds is 13. The van der Waals surface area contributed by atoms with Crippen LogP contribution >= 0.6 is 12.4 Å². The number of hydrogen-bond donors (Lipinski definition) is 4. The molecule has 0 aromatic carbocycles. The predicted molar refractivity (Wildman–Crippen MR) is 111 cm³/mol. The standard InChI is InChI=1S/C20H37NO7.ClH/c1-3-5-7-9-17(23)27-13-14(28-18(24)10-8-6-4-2)11-15-19(25)20(26)16(22)12-21-15;/h14-16,19-22,25-26H,3-13H2,1-2H3;1H/t14-,15+,16+,19-,20-;/m0./s1. The Balaban J connectivity index is 0.00000784. The van der Waals surface area contributed by atoms with Crippen LogP contribution in [-0.2, 0) is 19.1 Å². The van der Waals surface area contributed by atoms with E-state index in [1.54, 1.807) is 0 Å². The summed E-state index contributed by atoms with van der Waals surface area (Å²) in [6, 6.07) is -0.578. The number of esters is 2. The van der Waals surface area contributed by atoms with Gasteiger partial charge in [0.25, 0.3) is 0 Å². The largest absolute Gasteiger partial charge is 0.462 e. The molecule has 1 rings (SSSR count). The monoisotopic (exact) mass is 439 g/mol. The number of carbonyl (C=O) groups is 2. The first kappa shape index (κ1) is 28.1. The molecular weight excluding hydrogens is 402 g/mol. The van der Waals surface area contributed by atoms with Crippen molar-refractivity contribution in [3.8, 4) is 0 Å². The van der Waals surface area contributed by atoms with Gasteiger partial charge in [-0.15, -0.1) is 12.4 Å². The first-order valence-corrected chi connectivity index (χ1v) is 10.5. The maximum atomic E-state index is 12.1. The van der Waals surface area contributed by atoms with E-state index in [9.17, 15) is 24.9 Å². The summed E-state index contributed by atoms with van der Waals surface area (Å²) in [5.74, 6) is -0.709. The second-order valence-electron chi connectivity index (χ2n) is 7.51. The fraction of sp³-hybridized carbons (Fsp3) is 0.900. The van der Waals surface area contributed by atoms with Gasteiger partial charge in [0.05, 0.1) is 12.2 Å². The lowest BCUT2D eigenvalue weighted by Gasteiger charge is -2.37. The van der Waals surface area contributed by atoms with Gasteiger partial charge >= 0.3 is 11.9 Å². The fourth-order valence-corrected chi connectivity index (χ4v) is 3.18. The fourth-order valence-electron chi connectivity index (χ4n) is 3.18. The van der Waals surface area contributed by atoms with E-state index in [2.05, 4.69) is 5.32 Å². The normalized spacial score (nSPS) is 25.0. The molecule has 1 fully saturated rings. The Kier molecular flexibility index (Phi) is 15.3. The van der Waals surface area contributed by atoms with Crippen molar-refractivity contribution in [1.82, 2.24) is 5.32 Å². The van der Waals surface area contributed by atoms with Crippen LogP contribution in [0, 0.1) is 0 Å². The highest BCUT2D eigenvalue weighted by Crippen LogP contribution is 2.17. The van der Waals surface area contributed by atoms with Gasteiger partial charge in [-0.25, -0.2) is 0 Å². The Labute approximate surface area is 179 Å². The molecule has 0 aromatic rings. The quantitative estimate of drug-likeness (QED) is 0.251. The summed E-state index contributed by atoms with van der Waals surface area (Å²) in [4.78, 5) is 24.0. The number of nitrogens with one attached hydrogen (secondary N) is 1. The number of hydrogen-bond acceptors (Lipinski definition) is 8. The average molecular weight is 440 g/mol. The third-order valence-corrected chi connectivity index (χ3v) is 4.96. The molecule has 0 aliphatic carbocycles. The summed E-state index contributed by atoms with van der Waals surface area (Å²) >= 11 is 0. The van der Waals surface area contributed by atoms with Crippen LogP contribution in [0.1, 0.15) is 71.6 Å². The molecule has 8 nitrogen and oxygen atoms in total. The van der Waals surface area contributed by atoms with Crippen LogP contribution in [0.5, 0.6) is 0 Å². The van der Waals surface area contributed by atoms with Crippen molar-refractivity contribution in [3.05, 3.63) is 0 Å². The van der Waals surface area contributed by atoms with Crippen molar-refractivity contribution in [2.45, 2.75) is 102 Å². The summed E-state index contributed by atoms with van der Waals surface area (Å²) in [7, 11) is 0. The van der Waals surface area contributed by atoms with Crippen LogP contribution in [0.3, 0.4) is 0 Å². The third-order valence-electron chi connectivity index (χ3n) is 4.96. The lowest BCUT2D eigenvalue weighted by Crippen LogP contribution is -2.60. The summed E-state index contributed by atoms with van der Waals surface area (Å²) in [6.07, 6.45) is 1.88. The summed E-state index contributed by atoms with van der Waals surface area (Å²) in [5.41, 5.74) is 0. The molecule has 0 bridgehead atoms. The van der Waals surface area contributed by atoms with E-state index < -0.39 is 30.5 Å². The molecule has 1 saturated heterocycles. The van der Waals surface area contributed by atoms with Gasteiger partial charge in [-0.2, -0.15) is 0 Å². The number of aliphatic hydroxyl groups is 3. The summed E-state index contributed by atoms with van der Waals surface area (Å²) < 4.78 is 10.7. The third kappa shape index (κ3) is 11.1. The van der Waals surface area contributed by atoms with Gasteiger partial charge in [0, 0.05) is 31.8 Å². The predicted octanol–water partition coefficient (Wildman–Crippen LogP) is 1.47. The van der Waals surface area contributed by atoms with Crippen LogP contribution in [0.25, 0.3) is 0 Å². The zero-order valence-corrected chi connectivity index (χ0v) is 18.4. The maximum absolute atomic E-state index is 12.1. The Bertz CT molecular complexity index is 466. The molecule has 0 aromatic heterocycles. The van der Waals surface area contributed by atoms with Crippen molar-refractivity contribution in [3.63, 3.8) is 0 Å². The van der Waals surface area contributed by atoms with Gasteiger partial charge in [0.15, 0.2) is 0 Å². The number of halogens is 1. The minimum Gasteiger partial charge on any atom is -0.462 e. The molecule has 29 heavy (non-hydrogen) atoms. The van der Waals surface area contributed by atoms with E-state index in [1.165, 1.54) is 0 Å². The topological polar surface area (TPSA) is 125 Å². The molecule has 0 spiro atoms. The van der Waals surface area contributed by atoms with Crippen LogP contribution in [0.15, 0.2) is 0 Å².